The van der Waals surface area contributed by atoms with E-state index in [2.05, 4.69) is 29.9 Å². The van der Waals surface area contributed by atoms with E-state index in [4.69, 9.17) is 53.6 Å². The van der Waals surface area contributed by atoms with Crippen LogP contribution in [0.3, 0.4) is 0 Å². The fourth-order valence-electron chi connectivity index (χ4n) is 5.68. The Labute approximate surface area is 334 Å². The molecule has 0 saturated carbocycles. The van der Waals surface area contributed by atoms with Gasteiger partial charge in [-0.25, -0.2) is 26.8 Å². The summed E-state index contributed by atoms with van der Waals surface area (Å²) in [6.07, 6.45) is -7.77. The Hall–Kier alpha value is -2.84. The monoisotopic (exact) mass is 946 g/mol. The Morgan fingerprint density at radius 3 is 1.31 bits per heavy atom. The third-order valence-electron chi connectivity index (χ3n) is 8.15. The van der Waals surface area contributed by atoms with Crippen LogP contribution in [0.4, 0.5) is 11.6 Å². The minimum Gasteiger partial charge on any atom is -0.387 e. The molecule has 2 aliphatic rings. The highest BCUT2D eigenvalue weighted by atomic mass is 35.5. The molecule has 6 heterocycles. The normalized spacial score (nSPS) is 26.8. The number of aliphatic hydroxyl groups is 4. The van der Waals surface area contributed by atoms with Crippen molar-refractivity contribution in [1.82, 2.24) is 39.0 Å². The molecule has 28 nitrogen and oxygen atoms in total. The van der Waals surface area contributed by atoms with Gasteiger partial charge in [-0.05, 0) is 23.2 Å². The molecule has 12 N–H and O–H groups in total. The lowest BCUT2D eigenvalue weighted by Crippen LogP contribution is -2.36. The summed E-state index contributed by atoms with van der Waals surface area (Å²) in [5, 5.41) is 35.8. The fraction of sp³-hybridized carbons (Fsp3) is 0.583. The number of anilines is 2. The highest BCUT2D eigenvalue weighted by Gasteiger charge is 2.48. The lowest BCUT2D eigenvalue weighted by molar-refractivity contribution is -0.0648. The van der Waals surface area contributed by atoms with Crippen molar-refractivity contribution >= 4 is 92.0 Å². The molecular weight excluding hydrogens is 913 g/mol. The highest BCUT2D eigenvalue weighted by molar-refractivity contribution is 7.97. The molecule has 0 spiro atoms. The molecule has 2 aliphatic heterocycles. The van der Waals surface area contributed by atoms with E-state index in [0.717, 1.165) is 0 Å². The predicted octanol–water partition coefficient (Wildman–Crippen LogP) is -3.59. The van der Waals surface area contributed by atoms with Crippen LogP contribution in [0.25, 0.3) is 22.3 Å². The molecular formula is C24H34Cl2N10O18P2S2. The molecule has 0 amide bonds. The minimum atomic E-state index is -5.17. The summed E-state index contributed by atoms with van der Waals surface area (Å²) in [5.74, 6) is -0.0476. The van der Waals surface area contributed by atoms with Gasteiger partial charge in [0.05, 0.1) is 25.9 Å². The summed E-state index contributed by atoms with van der Waals surface area (Å²) in [5.41, 5.74) is 11.9. The number of nitrogens with two attached hydrogens (primary N) is 2. The maximum Gasteiger partial charge on any atom is 0.369 e. The van der Waals surface area contributed by atoms with Crippen LogP contribution in [0.1, 0.15) is 12.5 Å². The van der Waals surface area contributed by atoms with Crippen molar-refractivity contribution in [2.75, 3.05) is 37.2 Å². The van der Waals surface area contributed by atoms with Gasteiger partial charge < -0.3 is 70.4 Å². The Balaban J connectivity index is 0.000000221. The third kappa shape index (κ3) is 9.85. The van der Waals surface area contributed by atoms with Gasteiger partial charge in [0.15, 0.2) is 55.1 Å². The van der Waals surface area contributed by atoms with Gasteiger partial charge in [-0.3, -0.25) is 18.3 Å². The molecule has 2 unspecified atom stereocenters. The molecule has 10 atom stereocenters. The molecule has 0 aromatic carbocycles. The number of hydrogen-bond donors (Lipinski definition) is 10. The van der Waals surface area contributed by atoms with E-state index < -0.39 is 108 Å². The number of nitrogens with zero attached hydrogens (tertiary/aromatic N) is 8. The van der Waals surface area contributed by atoms with E-state index in [0.29, 0.717) is 12.5 Å². The van der Waals surface area contributed by atoms with Gasteiger partial charge in [-0.15, -0.1) is 0 Å². The predicted molar refractivity (Wildman–Crippen MR) is 195 cm³/mol. The summed E-state index contributed by atoms with van der Waals surface area (Å²) >= 11 is 11.6. The van der Waals surface area contributed by atoms with Gasteiger partial charge in [0.2, 0.25) is 10.6 Å². The van der Waals surface area contributed by atoms with Crippen LogP contribution in [0.5, 0.6) is 0 Å². The second-order valence-electron chi connectivity index (χ2n) is 12.6. The minimum absolute atomic E-state index is 0.0238. The summed E-state index contributed by atoms with van der Waals surface area (Å²) in [7, 11) is -18.9. The lowest BCUT2D eigenvalue weighted by atomic mass is 10.1. The average molecular weight is 948 g/mol. The van der Waals surface area contributed by atoms with E-state index in [1.807, 2.05) is 0 Å². The first-order valence-electron chi connectivity index (χ1n) is 15.7. The van der Waals surface area contributed by atoms with Crippen molar-refractivity contribution < 1.29 is 84.9 Å². The number of halogens is 2. The van der Waals surface area contributed by atoms with E-state index in [9.17, 15) is 66.0 Å². The first-order valence-corrected chi connectivity index (χ1v) is 23.7. The van der Waals surface area contributed by atoms with Gasteiger partial charge in [0, 0.05) is 12.5 Å². The number of aromatic nitrogens is 8. The molecule has 0 radical (unpaired) electrons. The topological polar surface area (TPSA) is 440 Å². The number of hydrogen-bond acceptors (Lipinski definition) is 22. The van der Waals surface area contributed by atoms with Crippen LogP contribution < -0.4 is 11.5 Å². The van der Waals surface area contributed by atoms with Gasteiger partial charge in [-0.1, -0.05) is 0 Å². The van der Waals surface area contributed by atoms with Crippen LogP contribution in [-0.4, -0.2) is 169 Å². The molecule has 2 saturated heterocycles. The molecule has 34 heteroatoms. The second-order valence-corrected chi connectivity index (χ2v) is 21.5. The highest BCUT2D eigenvalue weighted by Crippen LogP contribution is 2.46. The quantitative estimate of drug-likeness (QED) is 0.0484. The number of sulfone groups is 2. The largest absolute Gasteiger partial charge is 0.387 e. The summed E-state index contributed by atoms with van der Waals surface area (Å²) < 4.78 is 92.1. The van der Waals surface area contributed by atoms with Crippen molar-refractivity contribution in [1.29, 1.82) is 0 Å². The van der Waals surface area contributed by atoms with Crippen molar-refractivity contribution in [3.63, 3.8) is 0 Å². The number of fused-ring (bicyclic) bond motifs is 2. The molecule has 324 valence electrons. The molecule has 4 aromatic rings. The Bertz CT molecular complexity index is 2320. The Kier molecular flexibility index (Phi) is 13.5. The SMILES string of the molecule is CS(=O)(=O)C(OC[C@H]1O[C@@H](n2cnc3c(N)nc(Cl)nc32)[C@H](O)[C@@H]1O)P(=O)(O)O.CS(=O)(=O)C(OC[C@H]1O[C@@H](n2cnc3c(N)nc(Cl)nc32)[C@H](O)[C@@H]1O)P(=O)(O)O. The fourth-order valence-corrected chi connectivity index (χ4v) is 11.2. The van der Waals surface area contributed by atoms with Crippen LogP contribution in [0, 0.1) is 0 Å². The van der Waals surface area contributed by atoms with Crippen molar-refractivity contribution in [3.8, 4) is 0 Å². The Morgan fingerprint density at radius 2 is 1.02 bits per heavy atom. The first-order chi connectivity index (χ1) is 26.6. The zero-order valence-electron chi connectivity index (χ0n) is 29.2. The van der Waals surface area contributed by atoms with Gasteiger partial charge in [0.25, 0.3) is 10.4 Å². The van der Waals surface area contributed by atoms with Crippen LogP contribution >= 0.6 is 38.4 Å². The number of rotatable bonds is 12. The number of aliphatic hydroxyl groups excluding tert-OH is 4. The molecule has 0 bridgehead atoms. The van der Waals surface area contributed by atoms with Crippen molar-refractivity contribution in [3.05, 3.63) is 23.2 Å². The van der Waals surface area contributed by atoms with Crippen molar-refractivity contribution in [2.45, 2.75) is 59.4 Å². The van der Waals surface area contributed by atoms with Crippen LogP contribution in [0.2, 0.25) is 10.6 Å². The number of imidazole rings is 2. The maximum absolute atomic E-state index is 11.6. The molecule has 58 heavy (non-hydrogen) atoms. The zero-order valence-corrected chi connectivity index (χ0v) is 34.1. The van der Waals surface area contributed by atoms with Gasteiger partial charge in [0.1, 0.15) is 47.7 Å². The standard InChI is InChI=1S/2C12H17ClN5O9PS/c2*1-29(24,25)12(28(21,22)23)26-2-4-6(19)7(20)10(27-4)18-3-15-5-8(14)16-11(13)17-9(5)18/h2*3-4,6-7,10,12,19-20H,2H2,1H3,(H2,14,16,17)(H2,21,22,23)/t2*4-,6-,7-,10-,12?/m11/s1. The van der Waals surface area contributed by atoms with Crippen LogP contribution in [-0.2, 0) is 47.8 Å². The Morgan fingerprint density at radius 1 is 0.690 bits per heavy atom. The molecule has 2 fully saturated rings. The molecule has 0 aliphatic carbocycles. The van der Waals surface area contributed by atoms with Gasteiger partial charge >= 0.3 is 15.2 Å². The van der Waals surface area contributed by atoms with E-state index in [1.54, 1.807) is 0 Å². The lowest BCUT2D eigenvalue weighted by Gasteiger charge is -2.20. The van der Waals surface area contributed by atoms with Crippen molar-refractivity contribution in [2.24, 2.45) is 0 Å². The number of ether oxygens (including phenoxy) is 4. The zero-order chi connectivity index (χ0) is 43.4. The third-order valence-corrected chi connectivity index (χ3v) is 15.6. The van der Waals surface area contributed by atoms with Crippen LogP contribution in [0.15, 0.2) is 12.7 Å². The summed E-state index contributed by atoms with van der Waals surface area (Å²) in [6, 6.07) is 0. The van der Waals surface area contributed by atoms with E-state index in [-0.39, 0.29) is 44.5 Å². The molecule has 4 aromatic heterocycles. The summed E-state index contributed by atoms with van der Waals surface area (Å²) in [4.78, 5) is 60.1. The van der Waals surface area contributed by atoms with E-state index >= 15 is 0 Å². The smallest absolute Gasteiger partial charge is 0.369 e. The van der Waals surface area contributed by atoms with Gasteiger partial charge in [-0.2, -0.15) is 19.9 Å². The summed E-state index contributed by atoms with van der Waals surface area (Å²) in [6.45, 7) is -1.47. The maximum atomic E-state index is 11.6. The first kappa shape index (κ1) is 46.2. The second kappa shape index (κ2) is 16.9. The number of nitrogen functional groups attached to an aromatic ring is 2. The molecule has 6 rings (SSSR count). The average Bonchev–Trinajstić information content (AvgIpc) is 3.81. The van der Waals surface area contributed by atoms with E-state index in [1.165, 1.54) is 21.8 Å².